The molecule has 122 valence electrons. The van der Waals surface area contributed by atoms with E-state index in [9.17, 15) is 9.59 Å². The molecule has 3 rings (SSSR count). The van der Waals surface area contributed by atoms with Gasteiger partial charge in [-0.1, -0.05) is 36.4 Å². The first-order chi connectivity index (χ1) is 11.5. The third-order valence-electron chi connectivity index (χ3n) is 3.47. The Bertz CT molecular complexity index is 897. The molecule has 1 unspecified atom stereocenters. The molecular formula is C18H14BrNO4. The van der Waals surface area contributed by atoms with Gasteiger partial charge in [-0.15, -0.1) is 0 Å². The Hall–Kier alpha value is -2.60. The zero-order chi connectivity index (χ0) is 17.1. The fourth-order valence-electron chi connectivity index (χ4n) is 2.26. The molecule has 1 amide bonds. The highest BCUT2D eigenvalue weighted by Crippen LogP contribution is 2.23. The van der Waals surface area contributed by atoms with Gasteiger partial charge in [-0.2, -0.15) is 0 Å². The summed E-state index contributed by atoms with van der Waals surface area (Å²) in [5, 5.41) is 4.72. The summed E-state index contributed by atoms with van der Waals surface area (Å²) in [6, 6.07) is 16.4. The normalized spacial score (nSPS) is 11.9. The summed E-state index contributed by atoms with van der Waals surface area (Å²) < 4.78 is 10.7. The molecule has 0 saturated carbocycles. The molecule has 1 aromatic heterocycles. The fourth-order valence-corrected chi connectivity index (χ4v) is 2.57. The first-order valence-electron chi connectivity index (χ1n) is 7.29. The van der Waals surface area contributed by atoms with E-state index in [-0.39, 0.29) is 5.76 Å². The third-order valence-corrected chi connectivity index (χ3v) is 3.90. The summed E-state index contributed by atoms with van der Waals surface area (Å²) >= 11 is 3.11. The van der Waals surface area contributed by atoms with Gasteiger partial charge in [0.05, 0.1) is 0 Å². The van der Waals surface area contributed by atoms with E-state index in [4.69, 9.17) is 9.15 Å². The number of hydrogen-bond acceptors (Lipinski definition) is 4. The molecular weight excluding hydrogens is 374 g/mol. The Morgan fingerprint density at radius 1 is 1.08 bits per heavy atom. The summed E-state index contributed by atoms with van der Waals surface area (Å²) in [7, 11) is 0. The number of anilines is 1. The highest BCUT2D eigenvalue weighted by molar-refractivity contribution is 9.10. The number of halogens is 1. The zero-order valence-electron chi connectivity index (χ0n) is 12.8. The number of hydrogen-bond donors (Lipinski definition) is 1. The standard InChI is InChI=1S/C18H14BrNO4/c1-11(23-18(22)15-9-10-16(19)24-15)17(21)20-14-8-4-6-12-5-2-3-7-13(12)14/h2-11H,1H3,(H,20,21). The smallest absolute Gasteiger partial charge is 0.375 e. The monoisotopic (exact) mass is 387 g/mol. The Labute approximate surface area is 146 Å². The predicted octanol–water partition coefficient (Wildman–Crippen LogP) is 4.38. The van der Waals surface area contributed by atoms with Crippen LogP contribution < -0.4 is 5.32 Å². The van der Waals surface area contributed by atoms with Gasteiger partial charge < -0.3 is 14.5 Å². The molecule has 24 heavy (non-hydrogen) atoms. The van der Waals surface area contributed by atoms with Gasteiger partial charge in [-0.25, -0.2) is 4.79 Å². The SMILES string of the molecule is CC(OC(=O)c1ccc(Br)o1)C(=O)Nc1cccc2ccccc12. The van der Waals surface area contributed by atoms with Crippen molar-refractivity contribution in [1.82, 2.24) is 0 Å². The number of carbonyl (C=O) groups excluding carboxylic acids is 2. The van der Waals surface area contributed by atoms with Crippen molar-refractivity contribution in [3.8, 4) is 0 Å². The Kier molecular flexibility index (Phi) is 4.66. The van der Waals surface area contributed by atoms with Gasteiger partial charge in [0.1, 0.15) is 0 Å². The van der Waals surface area contributed by atoms with Gasteiger partial charge in [-0.05, 0) is 46.4 Å². The molecule has 0 radical (unpaired) electrons. The molecule has 1 atom stereocenters. The number of nitrogens with one attached hydrogen (secondary N) is 1. The maximum atomic E-state index is 12.3. The minimum absolute atomic E-state index is 0.0340. The molecule has 5 nitrogen and oxygen atoms in total. The highest BCUT2D eigenvalue weighted by Gasteiger charge is 2.21. The number of benzene rings is 2. The van der Waals surface area contributed by atoms with E-state index in [1.54, 1.807) is 12.1 Å². The second kappa shape index (κ2) is 6.88. The lowest BCUT2D eigenvalue weighted by atomic mass is 10.1. The minimum atomic E-state index is -0.958. The lowest BCUT2D eigenvalue weighted by Gasteiger charge is -2.14. The molecule has 2 aromatic carbocycles. The van der Waals surface area contributed by atoms with Gasteiger partial charge in [0.25, 0.3) is 5.91 Å². The molecule has 1 N–H and O–H groups in total. The summed E-state index contributed by atoms with van der Waals surface area (Å²) in [5.74, 6) is -1.07. The van der Waals surface area contributed by atoms with Gasteiger partial charge in [0.15, 0.2) is 10.8 Å². The number of ether oxygens (including phenoxy) is 1. The van der Waals surface area contributed by atoms with Gasteiger partial charge >= 0.3 is 5.97 Å². The second-order valence-electron chi connectivity index (χ2n) is 5.17. The Morgan fingerprint density at radius 2 is 1.83 bits per heavy atom. The maximum Gasteiger partial charge on any atom is 0.375 e. The van der Waals surface area contributed by atoms with Crippen LogP contribution in [0.15, 0.2) is 63.7 Å². The number of carbonyl (C=O) groups is 2. The van der Waals surface area contributed by atoms with Crippen LogP contribution in [-0.2, 0) is 9.53 Å². The number of esters is 1. The molecule has 0 bridgehead atoms. The van der Waals surface area contributed by atoms with Crippen molar-refractivity contribution in [1.29, 1.82) is 0 Å². The van der Waals surface area contributed by atoms with E-state index < -0.39 is 18.0 Å². The number of furan rings is 1. The van der Waals surface area contributed by atoms with Gasteiger partial charge in [0, 0.05) is 11.1 Å². The molecule has 0 fully saturated rings. The van der Waals surface area contributed by atoms with Crippen LogP contribution in [0.2, 0.25) is 0 Å². The predicted molar refractivity (Wildman–Crippen MR) is 93.9 cm³/mol. The second-order valence-corrected chi connectivity index (χ2v) is 5.95. The van der Waals surface area contributed by atoms with E-state index in [2.05, 4.69) is 21.2 Å². The van der Waals surface area contributed by atoms with Crippen LogP contribution in [0, 0.1) is 0 Å². The first-order valence-corrected chi connectivity index (χ1v) is 8.09. The van der Waals surface area contributed by atoms with Crippen molar-refractivity contribution in [2.45, 2.75) is 13.0 Å². The zero-order valence-corrected chi connectivity index (χ0v) is 14.4. The Morgan fingerprint density at radius 3 is 2.58 bits per heavy atom. The van der Waals surface area contributed by atoms with E-state index in [1.165, 1.54) is 13.0 Å². The molecule has 6 heteroatoms. The largest absolute Gasteiger partial charge is 0.447 e. The highest BCUT2D eigenvalue weighted by atomic mass is 79.9. The lowest BCUT2D eigenvalue weighted by molar-refractivity contribution is -0.123. The van der Waals surface area contributed by atoms with Crippen LogP contribution in [0.4, 0.5) is 5.69 Å². The van der Waals surface area contributed by atoms with Crippen LogP contribution in [-0.4, -0.2) is 18.0 Å². The molecule has 3 aromatic rings. The molecule has 0 aliphatic heterocycles. The number of fused-ring (bicyclic) bond motifs is 1. The van der Waals surface area contributed by atoms with Crippen LogP contribution >= 0.6 is 15.9 Å². The summed E-state index contributed by atoms with van der Waals surface area (Å²) in [6.45, 7) is 1.51. The van der Waals surface area contributed by atoms with Gasteiger partial charge in [-0.3, -0.25) is 4.79 Å². The van der Waals surface area contributed by atoms with Crippen molar-refractivity contribution >= 4 is 44.3 Å². The molecule has 0 spiro atoms. The van der Waals surface area contributed by atoms with Crippen molar-refractivity contribution < 1.29 is 18.7 Å². The third kappa shape index (κ3) is 3.49. The minimum Gasteiger partial charge on any atom is -0.447 e. The van der Waals surface area contributed by atoms with Gasteiger partial charge in [0.2, 0.25) is 5.76 Å². The quantitative estimate of drug-likeness (QED) is 0.674. The molecule has 0 saturated heterocycles. The van der Waals surface area contributed by atoms with Crippen LogP contribution in [0.1, 0.15) is 17.5 Å². The topological polar surface area (TPSA) is 68.5 Å². The summed E-state index contributed by atoms with van der Waals surface area (Å²) in [4.78, 5) is 24.2. The molecule has 0 aliphatic rings. The van der Waals surface area contributed by atoms with E-state index in [0.717, 1.165) is 10.8 Å². The number of rotatable bonds is 4. The van der Waals surface area contributed by atoms with Crippen LogP contribution in [0.3, 0.4) is 0 Å². The summed E-state index contributed by atoms with van der Waals surface area (Å²) in [5.41, 5.74) is 0.668. The van der Waals surface area contributed by atoms with E-state index in [0.29, 0.717) is 10.4 Å². The average Bonchev–Trinajstić information content (AvgIpc) is 3.01. The van der Waals surface area contributed by atoms with Crippen LogP contribution in [0.25, 0.3) is 10.8 Å². The van der Waals surface area contributed by atoms with Crippen molar-refractivity contribution in [3.63, 3.8) is 0 Å². The van der Waals surface area contributed by atoms with E-state index in [1.807, 2.05) is 36.4 Å². The lowest BCUT2D eigenvalue weighted by Crippen LogP contribution is -2.29. The molecule has 1 heterocycles. The first kappa shape index (κ1) is 16.3. The summed E-state index contributed by atoms with van der Waals surface area (Å²) in [6.07, 6.45) is -0.958. The fraction of sp³-hybridized carbons (Fsp3) is 0.111. The van der Waals surface area contributed by atoms with Crippen molar-refractivity contribution in [3.05, 3.63) is 65.0 Å². The van der Waals surface area contributed by atoms with Crippen molar-refractivity contribution in [2.75, 3.05) is 5.32 Å². The Balaban J connectivity index is 1.71. The maximum absolute atomic E-state index is 12.3. The van der Waals surface area contributed by atoms with E-state index >= 15 is 0 Å². The molecule has 0 aliphatic carbocycles. The van der Waals surface area contributed by atoms with Crippen LogP contribution in [0.5, 0.6) is 0 Å². The number of amides is 1. The van der Waals surface area contributed by atoms with Crippen molar-refractivity contribution in [2.24, 2.45) is 0 Å². The average molecular weight is 388 g/mol.